The Labute approximate surface area is 120 Å². The third-order valence-electron chi connectivity index (χ3n) is 4.08. The lowest BCUT2D eigenvalue weighted by atomic mass is 9.94. The lowest BCUT2D eigenvalue weighted by Gasteiger charge is -2.29. The third kappa shape index (κ3) is 2.99. The average molecular weight is 276 g/mol. The van der Waals surface area contributed by atoms with Gasteiger partial charge in [-0.05, 0) is 38.3 Å². The molecule has 2 heterocycles. The largest absolute Gasteiger partial charge is 0.396 e. The van der Waals surface area contributed by atoms with E-state index in [9.17, 15) is 0 Å². The number of aliphatic hydroxyl groups is 1. The predicted octanol–water partition coefficient (Wildman–Crippen LogP) is 1.92. The topological polar surface area (TPSA) is 63.0 Å². The van der Waals surface area contributed by atoms with Crippen molar-refractivity contribution < 1.29 is 5.11 Å². The van der Waals surface area contributed by atoms with Gasteiger partial charge in [0.25, 0.3) is 0 Å². The van der Waals surface area contributed by atoms with E-state index in [1.807, 2.05) is 24.9 Å². The van der Waals surface area contributed by atoms with Crippen molar-refractivity contribution in [2.75, 3.05) is 6.61 Å². The first-order valence-electron chi connectivity index (χ1n) is 7.13. The van der Waals surface area contributed by atoms with Crippen LogP contribution in [0.1, 0.15) is 37.9 Å². The molecule has 2 aromatic rings. The maximum Gasteiger partial charge on any atom is 0.157 e. The summed E-state index contributed by atoms with van der Waals surface area (Å²) >= 11 is 0. The van der Waals surface area contributed by atoms with Gasteiger partial charge >= 0.3 is 0 Å². The molecule has 2 aromatic heterocycles. The van der Waals surface area contributed by atoms with Gasteiger partial charge in [-0.25, -0.2) is 4.98 Å². The van der Waals surface area contributed by atoms with Crippen LogP contribution in [-0.4, -0.2) is 32.0 Å². The van der Waals surface area contributed by atoms with Crippen LogP contribution >= 0.6 is 0 Å². The summed E-state index contributed by atoms with van der Waals surface area (Å²) in [6, 6.07) is 2.15. The monoisotopic (exact) mass is 276 g/mol. The molecule has 5 heteroatoms. The van der Waals surface area contributed by atoms with E-state index in [1.54, 1.807) is 0 Å². The highest BCUT2D eigenvalue weighted by atomic mass is 16.3. The number of rotatable bonds is 6. The number of nitrogens with zero attached hydrogens (tertiary/aromatic N) is 3. The molecule has 5 nitrogen and oxygen atoms in total. The fourth-order valence-electron chi connectivity index (χ4n) is 2.40. The SMILES string of the molecule is CCC(C)(CCO)NCc1cnc2c(c1)c(C)nn2C. The van der Waals surface area contributed by atoms with E-state index in [0.717, 1.165) is 41.7 Å². The number of pyridine rings is 1. The Bertz CT molecular complexity index is 593. The van der Waals surface area contributed by atoms with Gasteiger partial charge in [-0.15, -0.1) is 0 Å². The van der Waals surface area contributed by atoms with Gasteiger partial charge in [0.15, 0.2) is 5.65 Å². The Hall–Kier alpha value is -1.46. The van der Waals surface area contributed by atoms with Gasteiger partial charge in [0.05, 0.1) is 5.69 Å². The second-order valence-electron chi connectivity index (χ2n) is 5.67. The first-order valence-corrected chi connectivity index (χ1v) is 7.13. The van der Waals surface area contributed by atoms with Crippen molar-refractivity contribution in [3.63, 3.8) is 0 Å². The zero-order chi connectivity index (χ0) is 14.8. The molecule has 0 aromatic carbocycles. The zero-order valence-corrected chi connectivity index (χ0v) is 12.8. The fourth-order valence-corrected chi connectivity index (χ4v) is 2.40. The second-order valence-corrected chi connectivity index (χ2v) is 5.67. The van der Waals surface area contributed by atoms with Crippen molar-refractivity contribution in [2.45, 2.75) is 45.7 Å². The Morgan fingerprint density at radius 3 is 2.85 bits per heavy atom. The van der Waals surface area contributed by atoms with Crippen LogP contribution in [0.15, 0.2) is 12.3 Å². The first kappa shape index (κ1) is 14.9. The smallest absolute Gasteiger partial charge is 0.157 e. The fraction of sp³-hybridized carbons (Fsp3) is 0.600. The van der Waals surface area contributed by atoms with E-state index >= 15 is 0 Å². The van der Waals surface area contributed by atoms with Gasteiger partial charge in [0.2, 0.25) is 0 Å². The quantitative estimate of drug-likeness (QED) is 0.846. The number of aliphatic hydroxyl groups excluding tert-OH is 1. The van der Waals surface area contributed by atoms with Crippen LogP contribution in [0.4, 0.5) is 0 Å². The molecule has 0 saturated carbocycles. The van der Waals surface area contributed by atoms with Gasteiger partial charge in [0.1, 0.15) is 0 Å². The van der Waals surface area contributed by atoms with Crippen LogP contribution in [0.5, 0.6) is 0 Å². The second kappa shape index (κ2) is 5.89. The summed E-state index contributed by atoms with van der Waals surface area (Å²) in [5.74, 6) is 0. The average Bonchev–Trinajstić information content (AvgIpc) is 2.72. The van der Waals surface area contributed by atoms with E-state index in [2.05, 4.69) is 35.3 Å². The molecule has 2 N–H and O–H groups in total. The van der Waals surface area contributed by atoms with Crippen molar-refractivity contribution in [1.82, 2.24) is 20.1 Å². The molecule has 0 saturated heterocycles. The molecule has 1 unspecified atom stereocenters. The summed E-state index contributed by atoms with van der Waals surface area (Å²) in [4.78, 5) is 4.49. The van der Waals surface area contributed by atoms with E-state index in [1.165, 1.54) is 0 Å². The number of aryl methyl sites for hydroxylation is 2. The van der Waals surface area contributed by atoms with Crippen LogP contribution in [-0.2, 0) is 13.6 Å². The summed E-state index contributed by atoms with van der Waals surface area (Å²) in [5.41, 5.74) is 3.03. The molecule has 0 aliphatic carbocycles. The normalized spacial score (nSPS) is 14.7. The minimum absolute atomic E-state index is 0.0340. The molecule has 0 amide bonds. The molecule has 2 rings (SSSR count). The van der Waals surface area contributed by atoms with E-state index < -0.39 is 0 Å². The molecule has 0 bridgehead atoms. The maximum atomic E-state index is 9.15. The van der Waals surface area contributed by atoms with Crippen molar-refractivity contribution >= 4 is 11.0 Å². The number of nitrogens with one attached hydrogen (secondary N) is 1. The number of hydrogen-bond acceptors (Lipinski definition) is 4. The highest BCUT2D eigenvalue weighted by molar-refractivity contribution is 5.78. The summed E-state index contributed by atoms with van der Waals surface area (Å²) in [6.07, 6.45) is 3.63. The molecule has 1 atom stereocenters. The van der Waals surface area contributed by atoms with Gasteiger partial charge in [0, 0.05) is 37.3 Å². The van der Waals surface area contributed by atoms with Crippen LogP contribution < -0.4 is 5.32 Å². The summed E-state index contributed by atoms with van der Waals surface area (Å²) in [5, 5.41) is 18.2. The lowest BCUT2D eigenvalue weighted by molar-refractivity contribution is 0.214. The van der Waals surface area contributed by atoms with E-state index in [4.69, 9.17) is 5.11 Å². The van der Waals surface area contributed by atoms with Crippen LogP contribution in [0.2, 0.25) is 0 Å². The molecular formula is C15H24N4O. The predicted molar refractivity (Wildman–Crippen MR) is 80.5 cm³/mol. The number of aromatic nitrogens is 3. The molecule has 0 spiro atoms. The van der Waals surface area contributed by atoms with E-state index in [-0.39, 0.29) is 12.1 Å². The van der Waals surface area contributed by atoms with Crippen LogP contribution in [0.3, 0.4) is 0 Å². The van der Waals surface area contributed by atoms with Crippen LogP contribution in [0.25, 0.3) is 11.0 Å². The standard InChI is InChI=1S/C15H24N4O/c1-5-15(3,6-7-20)17-10-12-8-13-11(2)18-19(4)14(13)16-9-12/h8-9,17,20H,5-7,10H2,1-4H3. The molecule has 0 fully saturated rings. The Kier molecular flexibility index (Phi) is 4.40. The van der Waals surface area contributed by atoms with Crippen molar-refractivity contribution in [3.8, 4) is 0 Å². The summed E-state index contributed by atoms with van der Waals surface area (Å²) < 4.78 is 1.81. The highest BCUT2D eigenvalue weighted by Gasteiger charge is 2.20. The number of hydrogen-bond donors (Lipinski definition) is 2. The molecule has 0 aliphatic heterocycles. The molecule has 0 aliphatic rings. The van der Waals surface area contributed by atoms with Gasteiger partial charge in [-0.1, -0.05) is 6.92 Å². The van der Waals surface area contributed by atoms with Crippen molar-refractivity contribution in [2.24, 2.45) is 7.05 Å². The Balaban J connectivity index is 2.16. The van der Waals surface area contributed by atoms with Gasteiger partial charge < -0.3 is 10.4 Å². The third-order valence-corrected chi connectivity index (χ3v) is 4.08. The number of fused-ring (bicyclic) bond motifs is 1. The van der Waals surface area contributed by atoms with E-state index in [0.29, 0.717) is 0 Å². The van der Waals surface area contributed by atoms with Crippen molar-refractivity contribution in [3.05, 3.63) is 23.5 Å². The first-order chi connectivity index (χ1) is 9.49. The molecule has 20 heavy (non-hydrogen) atoms. The minimum atomic E-state index is -0.0340. The molecular weight excluding hydrogens is 252 g/mol. The maximum absolute atomic E-state index is 9.15. The summed E-state index contributed by atoms with van der Waals surface area (Å²) in [7, 11) is 1.91. The Morgan fingerprint density at radius 2 is 2.20 bits per heavy atom. The van der Waals surface area contributed by atoms with Gasteiger partial charge in [-0.3, -0.25) is 4.68 Å². The van der Waals surface area contributed by atoms with Crippen LogP contribution in [0, 0.1) is 6.92 Å². The summed E-state index contributed by atoms with van der Waals surface area (Å²) in [6.45, 7) is 7.24. The lowest BCUT2D eigenvalue weighted by Crippen LogP contribution is -2.42. The Morgan fingerprint density at radius 1 is 1.45 bits per heavy atom. The minimum Gasteiger partial charge on any atom is -0.396 e. The molecule has 0 radical (unpaired) electrons. The highest BCUT2D eigenvalue weighted by Crippen LogP contribution is 2.18. The van der Waals surface area contributed by atoms with Gasteiger partial charge in [-0.2, -0.15) is 5.10 Å². The molecule has 110 valence electrons. The van der Waals surface area contributed by atoms with Crippen molar-refractivity contribution in [1.29, 1.82) is 0 Å². The zero-order valence-electron chi connectivity index (χ0n) is 12.8.